The molecular formula is C16H31NO6. The Balaban J connectivity index is 2.00. The van der Waals surface area contributed by atoms with Gasteiger partial charge >= 0.3 is 0 Å². The second kappa shape index (κ2) is 8.71. The van der Waals surface area contributed by atoms with Crippen molar-refractivity contribution >= 4 is 0 Å². The molecule has 0 amide bonds. The highest BCUT2D eigenvalue weighted by Gasteiger charge is 2.42. The Labute approximate surface area is 138 Å². The van der Waals surface area contributed by atoms with Crippen molar-refractivity contribution in [2.75, 3.05) is 28.4 Å². The number of nitrogens with one attached hydrogen (secondary N) is 1. The molecule has 0 saturated carbocycles. The highest BCUT2D eigenvalue weighted by atomic mass is 16.7. The lowest BCUT2D eigenvalue weighted by Crippen LogP contribution is -2.57. The summed E-state index contributed by atoms with van der Waals surface area (Å²) in [7, 11) is 6.96. The minimum absolute atomic E-state index is 0.00349. The zero-order valence-electron chi connectivity index (χ0n) is 15.0. The summed E-state index contributed by atoms with van der Waals surface area (Å²) in [6.07, 6.45) is 0.307. The van der Waals surface area contributed by atoms with E-state index in [2.05, 4.69) is 5.32 Å². The van der Waals surface area contributed by atoms with E-state index in [9.17, 15) is 0 Å². The van der Waals surface area contributed by atoms with Crippen LogP contribution < -0.4 is 5.32 Å². The standard InChI is InChI=1S/C16H31NO6/c1-9-15(17-3)11(18-4)7-14(21-9)23-16-10(2)22-13(20-6)8-12(16)19-5/h9-17H,7-8H2,1-6H3. The van der Waals surface area contributed by atoms with E-state index in [-0.39, 0.29) is 49.1 Å². The average Bonchev–Trinajstić information content (AvgIpc) is 2.55. The fourth-order valence-electron chi connectivity index (χ4n) is 3.52. The molecule has 2 rings (SSSR count). The van der Waals surface area contributed by atoms with Gasteiger partial charge in [-0.2, -0.15) is 0 Å². The summed E-state index contributed by atoms with van der Waals surface area (Å²) in [5.41, 5.74) is 0. The third-order valence-corrected chi connectivity index (χ3v) is 4.83. The molecule has 0 aromatic rings. The third-order valence-electron chi connectivity index (χ3n) is 4.83. The Morgan fingerprint density at radius 2 is 1.43 bits per heavy atom. The summed E-state index contributed by atoms with van der Waals surface area (Å²) in [6.45, 7) is 4.00. The van der Waals surface area contributed by atoms with Gasteiger partial charge in [0.2, 0.25) is 0 Å². The number of hydrogen-bond donors (Lipinski definition) is 1. The lowest BCUT2D eigenvalue weighted by atomic mass is 9.98. The lowest BCUT2D eigenvalue weighted by Gasteiger charge is -2.44. The van der Waals surface area contributed by atoms with Crippen LogP contribution >= 0.6 is 0 Å². The maximum Gasteiger partial charge on any atom is 0.161 e. The zero-order chi connectivity index (χ0) is 17.0. The van der Waals surface area contributed by atoms with E-state index in [0.29, 0.717) is 12.8 Å². The number of hydrogen-bond acceptors (Lipinski definition) is 7. The van der Waals surface area contributed by atoms with Crippen molar-refractivity contribution in [3.63, 3.8) is 0 Å². The molecule has 1 N–H and O–H groups in total. The second-order valence-corrected chi connectivity index (χ2v) is 6.21. The van der Waals surface area contributed by atoms with Gasteiger partial charge in [0.05, 0.1) is 30.5 Å². The summed E-state index contributed by atoms with van der Waals surface area (Å²) >= 11 is 0. The van der Waals surface area contributed by atoms with Crippen LogP contribution in [0, 0.1) is 0 Å². The fraction of sp³-hybridized carbons (Fsp3) is 1.00. The van der Waals surface area contributed by atoms with E-state index in [1.165, 1.54) is 0 Å². The molecule has 23 heavy (non-hydrogen) atoms. The molecule has 2 heterocycles. The SMILES string of the molecule is CNC1C(C)OC(OC2C(C)OC(OC)CC2OC)CC1OC. The van der Waals surface area contributed by atoms with Crippen LogP contribution in [-0.4, -0.2) is 77.5 Å². The van der Waals surface area contributed by atoms with Gasteiger partial charge in [0.1, 0.15) is 6.10 Å². The normalized spacial score (nSPS) is 45.1. The minimum Gasteiger partial charge on any atom is -0.380 e. The Kier molecular flexibility index (Phi) is 7.21. The molecule has 2 saturated heterocycles. The predicted molar refractivity (Wildman–Crippen MR) is 84.2 cm³/mol. The summed E-state index contributed by atoms with van der Waals surface area (Å²) in [6, 6.07) is 0.149. The van der Waals surface area contributed by atoms with E-state index < -0.39 is 0 Å². The third kappa shape index (κ3) is 4.42. The van der Waals surface area contributed by atoms with Gasteiger partial charge in [-0.1, -0.05) is 0 Å². The van der Waals surface area contributed by atoms with E-state index in [1.807, 2.05) is 20.9 Å². The van der Waals surface area contributed by atoms with E-state index in [4.69, 9.17) is 28.4 Å². The molecule has 8 unspecified atom stereocenters. The lowest BCUT2D eigenvalue weighted by molar-refractivity contribution is -0.304. The maximum atomic E-state index is 6.20. The average molecular weight is 333 g/mol. The summed E-state index contributed by atoms with van der Waals surface area (Å²) in [5, 5.41) is 3.25. The van der Waals surface area contributed by atoms with Crippen molar-refractivity contribution < 1.29 is 28.4 Å². The first kappa shape index (κ1) is 19.1. The van der Waals surface area contributed by atoms with Crippen molar-refractivity contribution in [3.05, 3.63) is 0 Å². The molecule has 0 aliphatic carbocycles. The van der Waals surface area contributed by atoms with Gasteiger partial charge in [-0.15, -0.1) is 0 Å². The van der Waals surface area contributed by atoms with Gasteiger partial charge in [0.15, 0.2) is 12.6 Å². The summed E-state index contributed by atoms with van der Waals surface area (Å²) < 4.78 is 34.5. The number of ether oxygens (including phenoxy) is 6. The molecule has 8 atom stereocenters. The smallest absolute Gasteiger partial charge is 0.161 e. The first-order chi connectivity index (χ1) is 11.0. The Morgan fingerprint density at radius 1 is 0.826 bits per heavy atom. The van der Waals surface area contributed by atoms with Gasteiger partial charge in [0, 0.05) is 34.2 Å². The van der Waals surface area contributed by atoms with Crippen LogP contribution in [0.5, 0.6) is 0 Å². The van der Waals surface area contributed by atoms with Crippen molar-refractivity contribution in [1.82, 2.24) is 5.32 Å². The molecule has 7 nitrogen and oxygen atoms in total. The molecule has 136 valence electrons. The maximum absolute atomic E-state index is 6.20. The van der Waals surface area contributed by atoms with E-state index >= 15 is 0 Å². The molecule has 0 bridgehead atoms. The molecule has 7 heteroatoms. The number of rotatable bonds is 6. The van der Waals surface area contributed by atoms with Gasteiger partial charge in [-0.05, 0) is 20.9 Å². The van der Waals surface area contributed by atoms with Crippen LogP contribution in [0.4, 0.5) is 0 Å². The van der Waals surface area contributed by atoms with Gasteiger partial charge < -0.3 is 33.7 Å². The van der Waals surface area contributed by atoms with Crippen LogP contribution in [0.15, 0.2) is 0 Å². The zero-order valence-corrected chi connectivity index (χ0v) is 15.0. The molecule has 0 aromatic carbocycles. The van der Waals surface area contributed by atoms with Crippen LogP contribution in [0.3, 0.4) is 0 Å². The van der Waals surface area contributed by atoms with Crippen molar-refractivity contribution in [3.8, 4) is 0 Å². The van der Waals surface area contributed by atoms with Crippen LogP contribution in [0.1, 0.15) is 26.7 Å². The Hall–Kier alpha value is -0.280. The van der Waals surface area contributed by atoms with Gasteiger partial charge in [-0.25, -0.2) is 0 Å². The molecule has 0 radical (unpaired) electrons. The molecule has 2 fully saturated rings. The first-order valence-electron chi connectivity index (χ1n) is 8.26. The first-order valence-corrected chi connectivity index (χ1v) is 8.26. The van der Waals surface area contributed by atoms with Gasteiger partial charge in [-0.3, -0.25) is 0 Å². The molecular weight excluding hydrogens is 302 g/mol. The topological polar surface area (TPSA) is 67.4 Å². The van der Waals surface area contributed by atoms with E-state index in [0.717, 1.165) is 0 Å². The second-order valence-electron chi connectivity index (χ2n) is 6.21. The Bertz CT molecular complexity index is 357. The van der Waals surface area contributed by atoms with Crippen LogP contribution in [0.25, 0.3) is 0 Å². The van der Waals surface area contributed by atoms with Crippen LogP contribution in [-0.2, 0) is 28.4 Å². The largest absolute Gasteiger partial charge is 0.380 e. The summed E-state index contributed by atoms with van der Waals surface area (Å²) in [5.74, 6) is 0. The van der Waals surface area contributed by atoms with Crippen LogP contribution in [0.2, 0.25) is 0 Å². The van der Waals surface area contributed by atoms with Crippen molar-refractivity contribution in [2.24, 2.45) is 0 Å². The fourth-order valence-corrected chi connectivity index (χ4v) is 3.52. The minimum atomic E-state index is -0.340. The molecule has 2 aliphatic rings. The predicted octanol–water partition coefficient (Wildman–Crippen LogP) is 0.906. The highest BCUT2D eigenvalue weighted by molar-refractivity contribution is 4.89. The van der Waals surface area contributed by atoms with E-state index in [1.54, 1.807) is 21.3 Å². The molecule has 0 aromatic heterocycles. The van der Waals surface area contributed by atoms with Crippen molar-refractivity contribution in [1.29, 1.82) is 0 Å². The molecule has 0 spiro atoms. The van der Waals surface area contributed by atoms with Crippen molar-refractivity contribution in [2.45, 2.75) is 75.8 Å². The van der Waals surface area contributed by atoms with Gasteiger partial charge in [0.25, 0.3) is 0 Å². The molecule has 2 aliphatic heterocycles. The quantitative estimate of drug-likeness (QED) is 0.775. The number of methoxy groups -OCH3 is 3. The summed E-state index contributed by atoms with van der Waals surface area (Å²) in [4.78, 5) is 0. The highest BCUT2D eigenvalue weighted by Crippen LogP contribution is 2.30. The Morgan fingerprint density at radius 3 is 2.00 bits per heavy atom. The number of likely N-dealkylation sites (N-methyl/N-ethyl adjacent to an activating group) is 1. The monoisotopic (exact) mass is 333 g/mol.